The number of nitrogens with zero attached hydrogens (tertiary/aromatic N) is 3. The third kappa shape index (κ3) is 4.32. The molecule has 3 aromatic rings. The highest BCUT2D eigenvalue weighted by molar-refractivity contribution is 5.89. The molecule has 28 heavy (non-hydrogen) atoms. The van der Waals surface area contributed by atoms with E-state index in [1.54, 1.807) is 10.8 Å². The van der Waals surface area contributed by atoms with Crippen molar-refractivity contribution in [2.45, 2.75) is 13.0 Å². The number of carbonyl (C=O) groups excluding carboxylic acids is 2. The Labute approximate surface area is 162 Å². The Balaban J connectivity index is 1.90. The van der Waals surface area contributed by atoms with E-state index in [1.165, 1.54) is 6.92 Å². The molecular formula is C21H20N4O3. The smallest absolute Gasteiger partial charge is 0.379 e. The van der Waals surface area contributed by atoms with E-state index in [1.807, 2.05) is 60.7 Å². The van der Waals surface area contributed by atoms with Crippen LogP contribution in [-0.4, -0.2) is 39.3 Å². The molecule has 1 atom stereocenters. The first kappa shape index (κ1) is 19.0. The predicted molar refractivity (Wildman–Crippen MR) is 105 cm³/mol. The van der Waals surface area contributed by atoms with Crippen molar-refractivity contribution in [1.29, 1.82) is 0 Å². The molecule has 0 saturated heterocycles. The van der Waals surface area contributed by atoms with Crippen LogP contribution < -0.4 is 5.32 Å². The summed E-state index contributed by atoms with van der Waals surface area (Å²) in [6, 6.07) is 18.8. The van der Waals surface area contributed by atoms with E-state index in [4.69, 9.17) is 4.74 Å². The zero-order valence-corrected chi connectivity index (χ0v) is 15.4. The summed E-state index contributed by atoms with van der Waals surface area (Å²) in [6.07, 6.45) is 0.568. The zero-order valence-electron chi connectivity index (χ0n) is 15.4. The van der Waals surface area contributed by atoms with Crippen LogP contribution in [0.25, 0.3) is 17.1 Å². The number of para-hydroxylation sites is 1. The van der Waals surface area contributed by atoms with Gasteiger partial charge in [-0.15, -0.1) is 11.7 Å². The van der Waals surface area contributed by atoms with Gasteiger partial charge in [0.05, 0.1) is 5.69 Å². The van der Waals surface area contributed by atoms with Gasteiger partial charge in [0.1, 0.15) is 0 Å². The molecule has 0 aliphatic heterocycles. The van der Waals surface area contributed by atoms with Crippen molar-refractivity contribution in [3.05, 3.63) is 79.1 Å². The minimum atomic E-state index is -0.976. The van der Waals surface area contributed by atoms with Crippen LogP contribution >= 0.6 is 0 Å². The van der Waals surface area contributed by atoms with Gasteiger partial charge in [-0.05, 0) is 19.1 Å². The summed E-state index contributed by atoms with van der Waals surface area (Å²) in [5.74, 6) is -0.805. The Bertz CT molecular complexity index is 911. The van der Waals surface area contributed by atoms with Gasteiger partial charge in [0.15, 0.2) is 11.9 Å². The third-order valence-corrected chi connectivity index (χ3v) is 3.90. The minimum Gasteiger partial charge on any atom is -0.447 e. The number of rotatable bonds is 7. The third-order valence-electron chi connectivity index (χ3n) is 3.90. The van der Waals surface area contributed by atoms with Gasteiger partial charge in [-0.25, -0.2) is 14.5 Å². The lowest BCUT2D eigenvalue weighted by Crippen LogP contribution is -2.36. The first-order valence-electron chi connectivity index (χ1n) is 8.77. The van der Waals surface area contributed by atoms with Crippen molar-refractivity contribution in [1.82, 2.24) is 20.1 Å². The Kier molecular flexibility index (Phi) is 5.96. The summed E-state index contributed by atoms with van der Waals surface area (Å²) in [5, 5.41) is 6.89. The molecule has 0 saturated carbocycles. The van der Waals surface area contributed by atoms with E-state index in [-0.39, 0.29) is 5.82 Å². The number of benzene rings is 2. The summed E-state index contributed by atoms with van der Waals surface area (Å²) in [5.41, 5.74) is 1.55. The summed E-state index contributed by atoms with van der Waals surface area (Å²) in [7, 11) is 0. The lowest BCUT2D eigenvalue weighted by molar-refractivity contribution is -0.128. The van der Waals surface area contributed by atoms with Gasteiger partial charge >= 0.3 is 5.97 Å². The van der Waals surface area contributed by atoms with Crippen molar-refractivity contribution in [2.75, 3.05) is 6.54 Å². The average molecular weight is 376 g/mol. The highest BCUT2D eigenvalue weighted by atomic mass is 16.5. The number of ether oxygens (including phenoxy) is 1. The van der Waals surface area contributed by atoms with Crippen LogP contribution in [0.15, 0.2) is 73.3 Å². The van der Waals surface area contributed by atoms with Crippen LogP contribution in [0.4, 0.5) is 0 Å². The highest BCUT2D eigenvalue weighted by Gasteiger charge is 2.24. The predicted octanol–water partition coefficient (Wildman–Crippen LogP) is 2.78. The molecular weight excluding hydrogens is 356 g/mol. The topological polar surface area (TPSA) is 86.1 Å². The number of carbonyl (C=O) groups is 2. The van der Waals surface area contributed by atoms with Crippen LogP contribution in [0.1, 0.15) is 17.5 Å². The average Bonchev–Trinajstić information content (AvgIpc) is 3.19. The fourth-order valence-corrected chi connectivity index (χ4v) is 2.51. The van der Waals surface area contributed by atoms with Crippen LogP contribution in [-0.2, 0) is 9.53 Å². The van der Waals surface area contributed by atoms with Gasteiger partial charge in [-0.1, -0.05) is 54.6 Å². The number of nitrogens with one attached hydrogen (secondary N) is 1. The van der Waals surface area contributed by atoms with E-state index in [2.05, 4.69) is 22.0 Å². The minimum absolute atomic E-state index is 0.119. The Hall–Kier alpha value is -3.74. The molecule has 1 heterocycles. The Morgan fingerprint density at radius 3 is 2.43 bits per heavy atom. The molecule has 1 N–H and O–H groups in total. The summed E-state index contributed by atoms with van der Waals surface area (Å²) in [6.45, 7) is 5.31. The molecule has 7 heteroatoms. The number of aromatic nitrogens is 3. The first-order valence-corrected chi connectivity index (χ1v) is 8.77. The molecule has 3 rings (SSSR count). The molecule has 1 aromatic heterocycles. The maximum Gasteiger partial charge on any atom is 0.379 e. The number of hydrogen-bond donors (Lipinski definition) is 1. The van der Waals surface area contributed by atoms with Crippen molar-refractivity contribution in [2.24, 2.45) is 0 Å². The molecule has 0 bridgehead atoms. The first-order chi connectivity index (χ1) is 13.6. The lowest BCUT2D eigenvalue weighted by Gasteiger charge is -2.11. The van der Waals surface area contributed by atoms with Gasteiger partial charge in [-0.3, -0.25) is 4.79 Å². The van der Waals surface area contributed by atoms with Crippen LogP contribution in [0.3, 0.4) is 0 Å². The molecule has 0 aliphatic carbocycles. The summed E-state index contributed by atoms with van der Waals surface area (Å²) < 4.78 is 6.79. The fraction of sp³-hybridized carbons (Fsp3) is 0.143. The SMILES string of the molecule is C=CCNC(=O)[C@@H](C)OC(=O)c1nc(-c2ccccc2)n(-c2ccccc2)n1. The second kappa shape index (κ2) is 8.77. The second-order valence-corrected chi connectivity index (χ2v) is 5.95. The van der Waals surface area contributed by atoms with E-state index in [0.29, 0.717) is 12.4 Å². The van der Waals surface area contributed by atoms with Gasteiger partial charge in [0.25, 0.3) is 11.7 Å². The van der Waals surface area contributed by atoms with E-state index in [0.717, 1.165) is 11.3 Å². The second-order valence-electron chi connectivity index (χ2n) is 5.95. The molecule has 0 fully saturated rings. The van der Waals surface area contributed by atoms with Crippen LogP contribution in [0.2, 0.25) is 0 Å². The van der Waals surface area contributed by atoms with E-state index >= 15 is 0 Å². The molecule has 0 aliphatic rings. The van der Waals surface area contributed by atoms with Gasteiger partial charge in [-0.2, -0.15) is 0 Å². The highest BCUT2D eigenvalue weighted by Crippen LogP contribution is 2.21. The molecule has 0 unspecified atom stereocenters. The van der Waals surface area contributed by atoms with Crippen molar-refractivity contribution >= 4 is 11.9 Å². The normalized spacial score (nSPS) is 11.5. The van der Waals surface area contributed by atoms with Crippen LogP contribution in [0, 0.1) is 0 Å². The molecule has 142 valence electrons. The fourth-order valence-electron chi connectivity index (χ4n) is 2.51. The largest absolute Gasteiger partial charge is 0.447 e. The van der Waals surface area contributed by atoms with Crippen molar-refractivity contribution < 1.29 is 14.3 Å². The number of hydrogen-bond acceptors (Lipinski definition) is 5. The Morgan fingerprint density at radius 2 is 1.79 bits per heavy atom. The summed E-state index contributed by atoms with van der Waals surface area (Å²) in [4.78, 5) is 28.8. The van der Waals surface area contributed by atoms with E-state index in [9.17, 15) is 9.59 Å². The summed E-state index contributed by atoms with van der Waals surface area (Å²) >= 11 is 0. The van der Waals surface area contributed by atoms with E-state index < -0.39 is 18.0 Å². The molecule has 2 aromatic carbocycles. The maximum atomic E-state index is 12.5. The molecule has 1 amide bonds. The Morgan fingerprint density at radius 1 is 1.14 bits per heavy atom. The lowest BCUT2D eigenvalue weighted by atomic mass is 10.2. The molecule has 7 nitrogen and oxygen atoms in total. The number of esters is 1. The monoisotopic (exact) mass is 376 g/mol. The zero-order chi connectivity index (χ0) is 19.9. The number of amides is 1. The quantitative estimate of drug-likeness (QED) is 0.506. The van der Waals surface area contributed by atoms with Crippen molar-refractivity contribution in [3.63, 3.8) is 0 Å². The molecule has 0 radical (unpaired) electrons. The van der Waals surface area contributed by atoms with Gasteiger partial charge in [0.2, 0.25) is 0 Å². The van der Waals surface area contributed by atoms with Gasteiger partial charge in [0, 0.05) is 12.1 Å². The standard InChI is InChI=1S/C21H20N4O3/c1-3-14-22-20(26)15(2)28-21(27)18-23-19(16-10-6-4-7-11-16)25(24-18)17-12-8-5-9-13-17/h3-13,15H,1,14H2,2H3,(H,22,26)/t15-/m1/s1. The molecule has 0 spiro atoms. The maximum absolute atomic E-state index is 12.5. The van der Waals surface area contributed by atoms with Gasteiger partial charge < -0.3 is 10.1 Å². The van der Waals surface area contributed by atoms with Crippen LogP contribution in [0.5, 0.6) is 0 Å². The van der Waals surface area contributed by atoms with Crippen molar-refractivity contribution in [3.8, 4) is 17.1 Å².